The van der Waals surface area contributed by atoms with E-state index in [4.69, 9.17) is 9.47 Å². The summed E-state index contributed by atoms with van der Waals surface area (Å²) in [5.74, 6) is -1.24. The van der Waals surface area contributed by atoms with E-state index in [1.54, 1.807) is 18.2 Å². The average Bonchev–Trinajstić information content (AvgIpc) is 2.73. The Morgan fingerprint density at radius 3 is 1.62 bits per heavy atom. The molecule has 5 heteroatoms. The lowest BCUT2D eigenvalue weighted by Crippen LogP contribution is -2.43. The largest absolute Gasteiger partial charge is 0.443 e. The first kappa shape index (κ1) is 18.9. The lowest BCUT2D eigenvalue weighted by Gasteiger charge is -2.38. The fourth-order valence-electron chi connectivity index (χ4n) is 3.45. The fraction of sp³-hybridized carbons (Fsp3) is 0.208. The number of carbonyl (C=O) groups is 1. The summed E-state index contributed by atoms with van der Waals surface area (Å²) in [4.78, 5) is 16.9. The first-order valence-electron chi connectivity index (χ1n) is 9.48. The number of nitrogens with zero attached hydrogens (tertiary/aromatic N) is 2. The third-order valence-electron chi connectivity index (χ3n) is 5.12. The van der Waals surface area contributed by atoms with Crippen LogP contribution < -0.4 is 14.5 Å². The number of cyclic esters (lactones) is 1. The van der Waals surface area contributed by atoms with Crippen molar-refractivity contribution in [2.45, 2.75) is 5.79 Å². The molecule has 0 unspecified atom stereocenters. The number of hydrogen-bond acceptors (Lipinski definition) is 5. The van der Waals surface area contributed by atoms with Crippen LogP contribution in [0.3, 0.4) is 0 Å². The van der Waals surface area contributed by atoms with Gasteiger partial charge in [0.05, 0.1) is 0 Å². The zero-order chi connectivity index (χ0) is 20.6. The topological polar surface area (TPSA) is 42.0 Å². The monoisotopic (exact) mass is 388 g/mol. The van der Waals surface area contributed by atoms with Gasteiger partial charge in [-0.3, -0.25) is 0 Å². The summed E-state index contributed by atoms with van der Waals surface area (Å²) in [6, 6.07) is 22.9. The Morgan fingerprint density at radius 2 is 1.14 bits per heavy atom. The molecule has 4 rings (SSSR count). The predicted molar refractivity (Wildman–Crippen MR) is 115 cm³/mol. The van der Waals surface area contributed by atoms with Gasteiger partial charge in [0.25, 0.3) is 0 Å². The zero-order valence-corrected chi connectivity index (χ0v) is 17.0. The highest BCUT2D eigenvalue weighted by atomic mass is 16.7. The standard InChI is InChI=1S/C24H24N2O3/c1-25(2)19-13-9-17(10-14-19)24(18-11-15-20(16-12-18)26(3)4)28-22-8-6-5-7-21(22)23(27)29-24/h5-16H,1-4H3. The fourth-order valence-corrected chi connectivity index (χ4v) is 3.45. The number of rotatable bonds is 4. The second-order valence-electron chi connectivity index (χ2n) is 7.49. The molecule has 3 aromatic carbocycles. The quantitative estimate of drug-likeness (QED) is 0.625. The van der Waals surface area contributed by atoms with Crippen LogP contribution in [0, 0.1) is 0 Å². The average molecular weight is 388 g/mol. The smallest absolute Gasteiger partial charge is 0.345 e. The van der Waals surface area contributed by atoms with Gasteiger partial charge in [-0.05, 0) is 60.7 Å². The van der Waals surface area contributed by atoms with Crippen molar-refractivity contribution in [2.24, 2.45) is 0 Å². The lowest BCUT2D eigenvalue weighted by molar-refractivity contribution is -0.131. The van der Waals surface area contributed by atoms with Crippen LogP contribution in [0.1, 0.15) is 21.5 Å². The van der Waals surface area contributed by atoms with Crippen molar-refractivity contribution >= 4 is 17.3 Å². The van der Waals surface area contributed by atoms with Crippen LogP contribution in [0.25, 0.3) is 0 Å². The molecule has 3 aromatic rings. The van der Waals surface area contributed by atoms with Crippen LogP contribution >= 0.6 is 0 Å². The molecule has 1 heterocycles. The molecule has 0 fully saturated rings. The molecule has 0 radical (unpaired) electrons. The molecular formula is C24H24N2O3. The molecule has 0 N–H and O–H groups in total. The van der Waals surface area contributed by atoms with Crippen molar-refractivity contribution in [3.05, 3.63) is 89.5 Å². The molecule has 0 bridgehead atoms. The summed E-state index contributed by atoms with van der Waals surface area (Å²) >= 11 is 0. The van der Waals surface area contributed by atoms with Gasteiger partial charge in [-0.1, -0.05) is 12.1 Å². The second kappa shape index (κ2) is 7.17. The Hall–Kier alpha value is -3.47. The maximum Gasteiger partial charge on any atom is 0.345 e. The van der Waals surface area contributed by atoms with Gasteiger partial charge >= 0.3 is 11.8 Å². The van der Waals surface area contributed by atoms with Gasteiger partial charge in [0, 0.05) is 50.7 Å². The maximum atomic E-state index is 12.9. The number of anilines is 2. The van der Waals surface area contributed by atoms with Crippen molar-refractivity contribution in [3.63, 3.8) is 0 Å². The first-order chi connectivity index (χ1) is 13.9. The molecule has 1 aliphatic heterocycles. The summed E-state index contributed by atoms with van der Waals surface area (Å²) in [6.07, 6.45) is 0. The molecule has 0 atom stereocenters. The van der Waals surface area contributed by atoms with E-state index in [1.165, 1.54) is 0 Å². The molecule has 0 saturated carbocycles. The van der Waals surface area contributed by atoms with E-state index in [2.05, 4.69) is 0 Å². The lowest BCUT2D eigenvalue weighted by atomic mass is 9.94. The minimum atomic E-state index is -1.35. The molecule has 1 aliphatic rings. The third kappa shape index (κ3) is 3.29. The number of fused-ring (bicyclic) bond motifs is 1. The van der Waals surface area contributed by atoms with E-state index in [9.17, 15) is 4.79 Å². The minimum Gasteiger partial charge on any atom is -0.443 e. The van der Waals surface area contributed by atoms with Gasteiger partial charge < -0.3 is 19.3 Å². The normalized spacial score (nSPS) is 14.4. The number of benzene rings is 3. The van der Waals surface area contributed by atoms with Gasteiger partial charge in [0.2, 0.25) is 0 Å². The predicted octanol–water partition coefficient (Wildman–Crippen LogP) is 4.27. The summed E-state index contributed by atoms with van der Waals surface area (Å²) in [5.41, 5.74) is 4.04. The van der Waals surface area contributed by atoms with E-state index in [-0.39, 0.29) is 0 Å². The molecular weight excluding hydrogens is 364 g/mol. The highest BCUT2D eigenvalue weighted by Crippen LogP contribution is 2.42. The minimum absolute atomic E-state index is 0.403. The Kier molecular flexibility index (Phi) is 4.66. The summed E-state index contributed by atoms with van der Waals surface area (Å²) in [5, 5.41) is 0. The van der Waals surface area contributed by atoms with E-state index >= 15 is 0 Å². The number of esters is 1. The first-order valence-corrected chi connectivity index (χ1v) is 9.48. The van der Waals surface area contributed by atoms with Gasteiger partial charge in [-0.25, -0.2) is 4.79 Å². The molecule has 0 spiro atoms. The SMILES string of the molecule is CN(C)c1ccc(C2(c3ccc(N(C)C)cc3)OC(=O)c3ccccc3O2)cc1. The van der Waals surface area contributed by atoms with Gasteiger partial charge in [0.1, 0.15) is 11.3 Å². The Bertz CT molecular complexity index is 973. The van der Waals surface area contributed by atoms with Crippen molar-refractivity contribution < 1.29 is 14.3 Å². The molecule has 0 amide bonds. The van der Waals surface area contributed by atoms with E-state index in [0.717, 1.165) is 22.5 Å². The summed E-state index contributed by atoms with van der Waals surface area (Å²) in [7, 11) is 7.94. The number of para-hydroxylation sites is 1. The number of carbonyl (C=O) groups excluding carboxylic acids is 1. The molecule has 0 saturated heterocycles. The van der Waals surface area contributed by atoms with Crippen molar-refractivity contribution in [3.8, 4) is 5.75 Å². The molecule has 148 valence electrons. The van der Waals surface area contributed by atoms with E-state index in [1.807, 2.05) is 92.6 Å². The molecule has 0 aliphatic carbocycles. The maximum absolute atomic E-state index is 12.9. The Morgan fingerprint density at radius 1 is 0.655 bits per heavy atom. The summed E-state index contributed by atoms with van der Waals surface area (Å²) in [6.45, 7) is 0. The van der Waals surface area contributed by atoms with Crippen LogP contribution in [0.15, 0.2) is 72.8 Å². The molecule has 5 nitrogen and oxygen atoms in total. The van der Waals surface area contributed by atoms with Gasteiger partial charge in [-0.2, -0.15) is 0 Å². The number of hydrogen-bond donors (Lipinski definition) is 0. The van der Waals surface area contributed by atoms with Crippen LogP contribution in [-0.4, -0.2) is 34.2 Å². The van der Waals surface area contributed by atoms with Crippen molar-refractivity contribution in [1.29, 1.82) is 0 Å². The van der Waals surface area contributed by atoms with Gasteiger partial charge in [0.15, 0.2) is 0 Å². The van der Waals surface area contributed by atoms with E-state index < -0.39 is 11.8 Å². The van der Waals surface area contributed by atoms with Gasteiger partial charge in [-0.15, -0.1) is 0 Å². The summed E-state index contributed by atoms with van der Waals surface area (Å²) < 4.78 is 12.4. The van der Waals surface area contributed by atoms with E-state index in [0.29, 0.717) is 11.3 Å². The van der Waals surface area contributed by atoms with Crippen LogP contribution in [0.5, 0.6) is 5.75 Å². The van der Waals surface area contributed by atoms with Crippen molar-refractivity contribution in [2.75, 3.05) is 38.0 Å². The van der Waals surface area contributed by atoms with Crippen LogP contribution in [-0.2, 0) is 10.5 Å². The second-order valence-corrected chi connectivity index (χ2v) is 7.49. The highest BCUT2D eigenvalue weighted by Gasteiger charge is 2.46. The van der Waals surface area contributed by atoms with Crippen LogP contribution in [0.4, 0.5) is 11.4 Å². The molecule has 0 aromatic heterocycles. The zero-order valence-electron chi connectivity index (χ0n) is 17.0. The van der Waals surface area contributed by atoms with Crippen molar-refractivity contribution in [1.82, 2.24) is 0 Å². The Balaban J connectivity index is 1.87. The van der Waals surface area contributed by atoms with Crippen LogP contribution in [0.2, 0.25) is 0 Å². The Labute approximate surface area is 171 Å². The molecule has 29 heavy (non-hydrogen) atoms. The number of ether oxygens (including phenoxy) is 2. The highest BCUT2D eigenvalue weighted by molar-refractivity contribution is 5.94. The third-order valence-corrected chi connectivity index (χ3v) is 5.12.